The second-order valence-corrected chi connectivity index (χ2v) is 11.3. The number of hydrogen-bond donors (Lipinski definition) is 1. The highest BCUT2D eigenvalue weighted by Gasteiger charge is 2.31. The number of benzene rings is 3. The molecule has 0 saturated carbocycles. The lowest BCUT2D eigenvalue weighted by Gasteiger charge is -2.22. The zero-order chi connectivity index (χ0) is 30.8. The number of alkyl halides is 3. The van der Waals surface area contributed by atoms with Crippen LogP contribution in [0.2, 0.25) is 0 Å². The Hall–Kier alpha value is -3.37. The smallest absolute Gasteiger partial charge is 0.372 e. The first kappa shape index (κ1) is 32.5. The number of halogens is 3. The lowest BCUT2D eigenvalue weighted by Crippen LogP contribution is -2.21. The van der Waals surface area contributed by atoms with Crippen LogP contribution in [0.1, 0.15) is 25.0 Å². The third kappa shape index (κ3) is 9.83. The van der Waals surface area contributed by atoms with Crippen molar-refractivity contribution in [1.82, 2.24) is 15.0 Å². The van der Waals surface area contributed by atoms with Crippen molar-refractivity contribution in [2.75, 3.05) is 22.7 Å². The normalized spacial score (nSPS) is 11.7. The Morgan fingerprint density at radius 3 is 1.93 bits per heavy atom. The second kappa shape index (κ2) is 15.4. The van der Waals surface area contributed by atoms with Crippen LogP contribution >= 0.6 is 35.8 Å². The van der Waals surface area contributed by atoms with E-state index in [1.54, 1.807) is 12.1 Å². The minimum atomic E-state index is -4.94. The summed E-state index contributed by atoms with van der Waals surface area (Å²) in [4.78, 5) is 21.1. The highest BCUT2D eigenvalue weighted by molar-refractivity contribution is 7.99. The number of aryl methyl sites for hydroxylation is 2. The minimum absolute atomic E-state index is 0.0743. The summed E-state index contributed by atoms with van der Waals surface area (Å²) in [5, 5.41) is 9.50. The second-order valence-electron chi connectivity index (χ2n) is 8.79. The van der Waals surface area contributed by atoms with E-state index in [1.165, 1.54) is 23.5 Å². The maximum absolute atomic E-state index is 12.4. The van der Waals surface area contributed by atoms with Gasteiger partial charge in [-0.3, -0.25) is 0 Å². The highest BCUT2D eigenvalue weighted by Crippen LogP contribution is 2.36. The van der Waals surface area contributed by atoms with Crippen LogP contribution in [0, 0.1) is 13.8 Å². The molecule has 4 rings (SSSR count). The fraction of sp³-hybridized carbons (Fsp3) is 0.250. The van der Waals surface area contributed by atoms with Gasteiger partial charge in [0.1, 0.15) is 17.9 Å². The molecule has 0 fully saturated rings. The molecule has 0 spiro atoms. The number of rotatable bonds is 13. The Morgan fingerprint density at radius 1 is 0.814 bits per heavy atom. The Morgan fingerprint density at radius 2 is 1.40 bits per heavy atom. The van der Waals surface area contributed by atoms with Crippen molar-refractivity contribution in [2.24, 2.45) is 10.2 Å². The summed E-state index contributed by atoms with van der Waals surface area (Å²) in [6, 6.07) is 21.1. The van der Waals surface area contributed by atoms with E-state index in [1.807, 2.05) is 82.3 Å². The van der Waals surface area contributed by atoms with Crippen LogP contribution in [0.15, 0.2) is 97.1 Å². The molecule has 0 aliphatic heterocycles. The van der Waals surface area contributed by atoms with Crippen molar-refractivity contribution in [3.63, 3.8) is 0 Å². The molecule has 0 amide bonds. The molecule has 9 nitrogen and oxygen atoms in total. The zero-order valence-electron chi connectivity index (χ0n) is 23.6. The van der Waals surface area contributed by atoms with Gasteiger partial charge in [0.2, 0.25) is 0 Å². The van der Waals surface area contributed by atoms with Crippen LogP contribution in [0.4, 0.5) is 36.2 Å². The van der Waals surface area contributed by atoms with E-state index in [-0.39, 0.29) is 18.2 Å². The largest absolute Gasteiger partial charge is 0.550 e. The number of anilines is 2. The first-order valence-corrected chi connectivity index (χ1v) is 15.4. The first-order valence-electron chi connectivity index (χ1n) is 13.0. The van der Waals surface area contributed by atoms with Crippen LogP contribution in [-0.4, -0.2) is 34.4 Å². The molecule has 43 heavy (non-hydrogen) atoms. The maximum atomic E-state index is 12.4. The maximum Gasteiger partial charge on any atom is 0.550 e. The highest BCUT2D eigenvalue weighted by atomic mass is 32.2. The summed E-state index contributed by atoms with van der Waals surface area (Å²) < 4.78 is 44.0. The average molecular weight is 648 g/mol. The van der Waals surface area contributed by atoms with Gasteiger partial charge in [-0.15, -0.1) is 32.6 Å². The molecule has 0 aliphatic rings. The molecule has 0 atom stereocenters. The van der Waals surface area contributed by atoms with E-state index in [9.17, 15) is 13.2 Å². The van der Waals surface area contributed by atoms with Crippen molar-refractivity contribution in [2.45, 2.75) is 54.2 Å². The molecule has 1 aromatic heterocycles. The monoisotopic (exact) mass is 647 g/mol. The van der Waals surface area contributed by atoms with Crippen molar-refractivity contribution in [3.05, 3.63) is 77.9 Å². The van der Waals surface area contributed by atoms with Crippen LogP contribution in [0.3, 0.4) is 0 Å². The van der Waals surface area contributed by atoms with Crippen LogP contribution < -0.4 is 9.62 Å². The average Bonchev–Trinajstić information content (AvgIpc) is 2.97. The van der Waals surface area contributed by atoms with E-state index < -0.39 is 6.36 Å². The standard InChI is InChI=1S/C28H28F3N7O2S3/c1-5-38(6-2)20-15-16-21(22(17-20)37-43-40-39-28(29,30)31)35-36-25-32-26(41-23-13-9-7-11-18(23)3)34-27(33-25)42-24-14-10-8-12-19(24)4/h7-17,37H,5-6H2,1-4H3. The fourth-order valence-electron chi connectivity index (χ4n) is 3.70. The summed E-state index contributed by atoms with van der Waals surface area (Å²) in [6.45, 7) is 9.46. The quantitative estimate of drug-likeness (QED) is 0.0377. The number of azo groups is 1. The third-order valence-electron chi connectivity index (χ3n) is 5.84. The van der Waals surface area contributed by atoms with Gasteiger partial charge >= 0.3 is 6.36 Å². The van der Waals surface area contributed by atoms with Crippen LogP contribution in [-0.2, 0) is 9.22 Å². The van der Waals surface area contributed by atoms with E-state index in [4.69, 9.17) is 0 Å². The fourth-order valence-corrected chi connectivity index (χ4v) is 5.82. The molecule has 226 valence electrons. The molecule has 0 saturated heterocycles. The number of aromatic nitrogens is 3. The van der Waals surface area contributed by atoms with Gasteiger partial charge in [-0.05, 0) is 92.7 Å². The van der Waals surface area contributed by atoms with Crippen molar-refractivity contribution in [3.8, 4) is 0 Å². The molecule has 0 unspecified atom stereocenters. The Bertz CT molecular complexity index is 1490. The first-order chi connectivity index (χ1) is 20.6. The summed E-state index contributed by atoms with van der Waals surface area (Å²) in [6.07, 6.45) is -4.94. The molecule has 15 heteroatoms. The van der Waals surface area contributed by atoms with Gasteiger partial charge in [0.15, 0.2) is 10.3 Å². The molecule has 3 aromatic carbocycles. The molecule has 0 radical (unpaired) electrons. The third-order valence-corrected chi connectivity index (χ3v) is 8.37. The van der Waals surface area contributed by atoms with Crippen molar-refractivity contribution in [1.29, 1.82) is 0 Å². The van der Waals surface area contributed by atoms with E-state index in [0.29, 0.717) is 21.7 Å². The summed E-state index contributed by atoms with van der Waals surface area (Å²) in [7, 11) is 0. The zero-order valence-corrected chi connectivity index (χ0v) is 26.1. The lowest BCUT2D eigenvalue weighted by molar-refractivity contribution is -0.440. The molecule has 0 aliphatic carbocycles. The number of nitrogens with one attached hydrogen (secondary N) is 1. The van der Waals surface area contributed by atoms with Crippen molar-refractivity contribution < 1.29 is 22.4 Å². The van der Waals surface area contributed by atoms with E-state index in [2.05, 4.69) is 44.0 Å². The SMILES string of the molecule is CCN(CC)c1ccc(N=Nc2nc(Sc3ccccc3C)nc(Sc3ccccc3C)n2)c(NSOOC(F)(F)F)c1. The molecule has 0 bridgehead atoms. The Labute approximate surface area is 260 Å². The Balaban J connectivity index is 1.66. The molecule has 4 aromatic rings. The predicted molar refractivity (Wildman–Crippen MR) is 164 cm³/mol. The van der Waals surface area contributed by atoms with Gasteiger partial charge in [-0.1, -0.05) is 36.4 Å². The van der Waals surface area contributed by atoms with Crippen molar-refractivity contribution >= 4 is 58.8 Å². The molecular weight excluding hydrogens is 620 g/mol. The predicted octanol–water partition coefficient (Wildman–Crippen LogP) is 9.50. The van der Waals surface area contributed by atoms with Gasteiger partial charge in [-0.2, -0.15) is 15.0 Å². The van der Waals surface area contributed by atoms with Gasteiger partial charge in [0.25, 0.3) is 5.95 Å². The van der Waals surface area contributed by atoms with Gasteiger partial charge < -0.3 is 9.62 Å². The van der Waals surface area contributed by atoms with Gasteiger partial charge in [-0.25, -0.2) is 0 Å². The topological polar surface area (TPSA) is 97.1 Å². The van der Waals surface area contributed by atoms with E-state index >= 15 is 0 Å². The minimum Gasteiger partial charge on any atom is -0.372 e. The van der Waals surface area contributed by atoms with Crippen LogP contribution in [0.5, 0.6) is 0 Å². The van der Waals surface area contributed by atoms with E-state index in [0.717, 1.165) is 39.7 Å². The number of hydrogen-bond acceptors (Lipinski definition) is 12. The molecular formula is C28H28F3N7O2S3. The van der Waals surface area contributed by atoms with Crippen LogP contribution in [0.25, 0.3) is 0 Å². The van der Waals surface area contributed by atoms with Gasteiger partial charge in [0.05, 0.1) is 5.69 Å². The molecule has 1 N–H and O–H groups in total. The molecule has 1 heterocycles. The summed E-state index contributed by atoms with van der Waals surface area (Å²) >= 11 is 3.03. The Kier molecular flexibility index (Phi) is 11.6. The number of nitrogens with zero attached hydrogens (tertiary/aromatic N) is 6. The lowest BCUT2D eigenvalue weighted by atomic mass is 10.2. The van der Waals surface area contributed by atoms with Gasteiger partial charge in [0, 0.05) is 28.6 Å². The summed E-state index contributed by atoms with van der Waals surface area (Å²) in [5.41, 5.74) is 3.64. The summed E-state index contributed by atoms with van der Waals surface area (Å²) in [5.74, 6) is 0.0743.